The summed E-state index contributed by atoms with van der Waals surface area (Å²) >= 11 is 0. The minimum atomic E-state index is -0.0362. The van der Waals surface area contributed by atoms with Crippen molar-refractivity contribution in [3.05, 3.63) is 36.8 Å². The molecule has 0 unspecified atom stereocenters. The van der Waals surface area contributed by atoms with E-state index >= 15 is 0 Å². The Morgan fingerprint density at radius 3 is 2.25 bits per heavy atom. The number of ether oxygens (including phenoxy) is 2. The van der Waals surface area contributed by atoms with Crippen LogP contribution >= 0.6 is 0 Å². The maximum absolute atomic E-state index is 8.49. The van der Waals surface area contributed by atoms with Crippen molar-refractivity contribution in [2.45, 2.75) is 0 Å². The minimum Gasteiger partial charge on any atom is -0.493 e. The maximum Gasteiger partial charge on any atom is 0.160 e. The standard InChI is InChI=1S/C9H14O3/c1-4-8(11-3)9(5-2)12-7-6-10/h4-5,10H,1-2,6-7H2,3H3. The molecule has 3 nitrogen and oxygen atoms in total. The summed E-state index contributed by atoms with van der Waals surface area (Å²) in [6, 6.07) is 0. The van der Waals surface area contributed by atoms with Crippen molar-refractivity contribution >= 4 is 0 Å². The zero-order valence-corrected chi connectivity index (χ0v) is 7.25. The van der Waals surface area contributed by atoms with Gasteiger partial charge >= 0.3 is 0 Å². The van der Waals surface area contributed by atoms with Gasteiger partial charge in [0.1, 0.15) is 6.61 Å². The van der Waals surface area contributed by atoms with E-state index in [-0.39, 0.29) is 13.2 Å². The van der Waals surface area contributed by atoms with Crippen LogP contribution in [0, 0.1) is 0 Å². The van der Waals surface area contributed by atoms with Gasteiger partial charge in [-0.05, 0) is 12.2 Å². The first-order chi connectivity index (χ1) is 5.79. The lowest BCUT2D eigenvalue weighted by Gasteiger charge is -2.08. The molecule has 0 spiro atoms. The smallest absolute Gasteiger partial charge is 0.160 e. The number of rotatable bonds is 6. The predicted molar refractivity (Wildman–Crippen MR) is 47.5 cm³/mol. The third kappa shape index (κ3) is 3.25. The van der Waals surface area contributed by atoms with E-state index in [4.69, 9.17) is 14.6 Å². The average Bonchev–Trinajstić information content (AvgIpc) is 2.12. The molecule has 0 aliphatic heterocycles. The van der Waals surface area contributed by atoms with Gasteiger partial charge in [0.05, 0.1) is 13.7 Å². The Morgan fingerprint density at radius 1 is 1.33 bits per heavy atom. The van der Waals surface area contributed by atoms with E-state index in [0.29, 0.717) is 11.5 Å². The Kier molecular flexibility index (Phi) is 5.83. The van der Waals surface area contributed by atoms with Crippen LogP contribution in [0.25, 0.3) is 0 Å². The van der Waals surface area contributed by atoms with Crippen LogP contribution in [0.15, 0.2) is 36.8 Å². The zero-order chi connectivity index (χ0) is 9.40. The minimum absolute atomic E-state index is 0.0362. The highest BCUT2D eigenvalue weighted by molar-refractivity contribution is 5.21. The Labute approximate surface area is 72.6 Å². The highest BCUT2D eigenvalue weighted by atomic mass is 16.5. The topological polar surface area (TPSA) is 38.7 Å². The van der Waals surface area contributed by atoms with Gasteiger partial charge in [0.15, 0.2) is 11.5 Å². The molecule has 0 heterocycles. The van der Waals surface area contributed by atoms with Crippen molar-refractivity contribution < 1.29 is 14.6 Å². The molecule has 68 valence electrons. The van der Waals surface area contributed by atoms with E-state index in [0.717, 1.165) is 0 Å². The molecule has 3 heteroatoms. The van der Waals surface area contributed by atoms with Crippen LogP contribution in [-0.2, 0) is 9.47 Å². The Hall–Kier alpha value is -1.22. The van der Waals surface area contributed by atoms with E-state index in [9.17, 15) is 0 Å². The largest absolute Gasteiger partial charge is 0.493 e. The second-order valence-electron chi connectivity index (χ2n) is 1.91. The highest BCUT2D eigenvalue weighted by Gasteiger charge is 2.00. The summed E-state index contributed by atoms with van der Waals surface area (Å²) in [5, 5.41) is 8.49. The van der Waals surface area contributed by atoms with Crippen LogP contribution in [0.2, 0.25) is 0 Å². The molecule has 0 aromatic rings. The summed E-state index contributed by atoms with van der Waals surface area (Å²) in [4.78, 5) is 0. The molecule has 0 aliphatic carbocycles. The SMILES string of the molecule is C=CC(OC)=C(C=C)OCCO. The Bertz CT molecular complexity index is 182. The van der Waals surface area contributed by atoms with Crippen molar-refractivity contribution in [3.63, 3.8) is 0 Å². The molecule has 0 saturated carbocycles. The van der Waals surface area contributed by atoms with Crippen LogP contribution in [0.1, 0.15) is 0 Å². The van der Waals surface area contributed by atoms with Gasteiger partial charge in [-0.25, -0.2) is 0 Å². The van der Waals surface area contributed by atoms with Crippen molar-refractivity contribution in [1.29, 1.82) is 0 Å². The van der Waals surface area contributed by atoms with Crippen molar-refractivity contribution in [2.75, 3.05) is 20.3 Å². The lowest BCUT2D eigenvalue weighted by atomic mass is 10.4. The summed E-state index contributed by atoms with van der Waals surface area (Å²) in [6.45, 7) is 7.26. The van der Waals surface area contributed by atoms with E-state index in [1.54, 1.807) is 0 Å². The third-order valence-corrected chi connectivity index (χ3v) is 1.18. The molecule has 0 radical (unpaired) electrons. The van der Waals surface area contributed by atoms with Gasteiger partial charge in [-0.3, -0.25) is 0 Å². The molecule has 0 bridgehead atoms. The first kappa shape index (κ1) is 10.8. The third-order valence-electron chi connectivity index (χ3n) is 1.18. The molecule has 0 aliphatic rings. The van der Waals surface area contributed by atoms with Gasteiger partial charge in [-0.2, -0.15) is 0 Å². The fourth-order valence-electron chi connectivity index (χ4n) is 0.671. The monoisotopic (exact) mass is 170 g/mol. The van der Waals surface area contributed by atoms with Crippen LogP contribution in [-0.4, -0.2) is 25.4 Å². The van der Waals surface area contributed by atoms with E-state index < -0.39 is 0 Å². The maximum atomic E-state index is 8.49. The summed E-state index contributed by atoms with van der Waals surface area (Å²) in [7, 11) is 1.52. The van der Waals surface area contributed by atoms with Crippen LogP contribution in [0.4, 0.5) is 0 Å². The first-order valence-corrected chi connectivity index (χ1v) is 3.57. The summed E-state index contributed by atoms with van der Waals surface area (Å²) in [5.41, 5.74) is 0. The molecular formula is C9H14O3. The van der Waals surface area contributed by atoms with Crippen LogP contribution in [0.3, 0.4) is 0 Å². The second kappa shape index (κ2) is 6.49. The number of methoxy groups -OCH3 is 1. The van der Waals surface area contributed by atoms with Crippen LogP contribution < -0.4 is 0 Å². The normalized spacial score (nSPS) is 11.5. The lowest BCUT2D eigenvalue weighted by Crippen LogP contribution is -2.00. The molecule has 0 aromatic heterocycles. The summed E-state index contributed by atoms with van der Waals surface area (Å²) in [6.07, 6.45) is 3.03. The predicted octanol–water partition coefficient (Wildman–Crippen LogP) is 1.23. The van der Waals surface area contributed by atoms with Gasteiger partial charge in [-0.1, -0.05) is 13.2 Å². The van der Waals surface area contributed by atoms with E-state index in [2.05, 4.69) is 13.2 Å². The van der Waals surface area contributed by atoms with Gasteiger partial charge in [0, 0.05) is 0 Å². The number of aliphatic hydroxyl groups excluding tert-OH is 1. The number of allylic oxidation sites excluding steroid dienone is 2. The highest BCUT2D eigenvalue weighted by Crippen LogP contribution is 2.08. The fourth-order valence-corrected chi connectivity index (χ4v) is 0.671. The van der Waals surface area contributed by atoms with Gasteiger partial charge in [-0.15, -0.1) is 0 Å². The van der Waals surface area contributed by atoms with Gasteiger partial charge < -0.3 is 14.6 Å². The summed E-state index contributed by atoms with van der Waals surface area (Å²) in [5.74, 6) is 1.00. The molecule has 12 heavy (non-hydrogen) atoms. The Morgan fingerprint density at radius 2 is 1.92 bits per heavy atom. The average molecular weight is 170 g/mol. The van der Waals surface area contributed by atoms with Crippen LogP contribution in [0.5, 0.6) is 0 Å². The summed E-state index contributed by atoms with van der Waals surface area (Å²) < 4.78 is 10.0. The lowest BCUT2D eigenvalue weighted by molar-refractivity contribution is 0.140. The van der Waals surface area contributed by atoms with Gasteiger partial charge in [0.2, 0.25) is 0 Å². The second-order valence-corrected chi connectivity index (χ2v) is 1.91. The van der Waals surface area contributed by atoms with Gasteiger partial charge in [0.25, 0.3) is 0 Å². The molecule has 1 N–H and O–H groups in total. The van der Waals surface area contributed by atoms with E-state index in [1.165, 1.54) is 19.3 Å². The quantitative estimate of drug-likeness (QED) is 0.481. The van der Waals surface area contributed by atoms with Crippen molar-refractivity contribution in [3.8, 4) is 0 Å². The first-order valence-electron chi connectivity index (χ1n) is 3.57. The zero-order valence-electron chi connectivity index (χ0n) is 7.25. The molecule has 0 saturated heterocycles. The molecule has 0 fully saturated rings. The number of aliphatic hydroxyl groups is 1. The molecule has 0 amide bonds. The van der Waals surface area contributed by atoms with Crippen molar-refractivity contribution in [1.82, 2.24) is 0 Å². The van der Waals surface area contributed by atoms with E-state index in [1.807, 2.05) is 0 Å². The molecule has 0 aromatic carbocycles. The number of hydrogen-bond donors (Lipinski definition) is 1. The molecular weight excluding hydrogens is 156 g/mol. The fraction of sp³-hybridized carbons (Fsp3) is 0.333. The molecule has 0 atom stereocenters. The Balaban J connectivity index is 4.34. The number of hydrogen-bond acceptors (Lipinski definition) is 3. The van der Waals surface area contributed by atoms with Crippen molar-refractivity contribution in [2.24, 2.45) is 0 Å². The molecule has 0 rings (SSSR count).